The number of ether oxygens (including phenoxy) is 1. The summed E-state index contributed by atoms with van der Waals surface area (Å²) in [6.07, 6.45) is -5.51. The van der Waals surface area contributed by atoms with Gasteiger partial charge in [0, 0.05) is 19.6 Å². The van der Waals surface area contributed by atoms with E-state index >= 15 is 0 Å². The fourth-order valence-corrected chi connectivity index (χ4v) is 3.77. The Kier molecular flexibility index (Phi) is 4.31. The van der Waals surface area contributed by atoms with E-state index in [1.165, 1.54) is 10.9 Å². The molecular weight excluding hydrogens is 311 g/mol. The molecule has 120 valence electrons. The lowest BCUT2D eigenvalue weighted by Crippen LogP contribution is -2.51. The third-order valence-corrected chi connectivity index (χ3v) is 5.34. The maximum Gasteiger partial charge on any atom is 0.415 e. The highest BCUT2D eigenvalue weighted by Crippen LogP contribution is 2.29. The largest absolute Gasteiger partial charge is 0.415 e. The number of morpholine rings is 1. The van der Waals surface area contributed by atoms with Gasteiger partial charge in [0.25, 0.3) is 0 Å². The molecule has 1 aliphatic heterocycles. The number of hydrogen-bond acceptors (Lipinski definition) is 4. The first-order chi connectivity index (χ1) is 9.67. The topological polar surface area (TPSA) is 64.4 Å². The maximum absolute atomic E-state index is 12.7. The van der Waals surface area contributed by atoms with E-state index in [2.05, 4.69) is 9.84 Å². The van der Waals surface area contributed by atoms with E-state index < -0.39 is 28.8 Å². The number of rotatable bonds is 3. The second kappa shape index (κ2) is 5.58. The van der Waals surface area contributed by atoms with Gasteiger partial charge in [-0.05, 0) is 13.8 Å². The second-order valence-electron chi connectivity index (χ2n) is 4.67. The van der Waals surface area contributed by atoms with Crippen molar-refractivity contribution in [3.8, 4) is 0 Å². The third-order valence-electron chi connectivity index (χ3n) is 3.37. The van der Waals surface area contributed by atoms with Gasteiger partial charge in [-0.2, -0.15) is 22.6 Å². The molecule has 1 aromatic rings. The van der Waals surface area contributed by atoms with Crippen molar-refractivity contribution in [3.05, 3.63) is 11.9 Å². The second-order valence-corrected chi connectivity index (χ2v) is 6.58. The number of alkyl halides is 3. The van der Waals surface area contributed by atoms with Gasteiger partial charge in [-0.1, -0.05) is 0 Å². The van der Waals surface area contributed by atoms with Crippen LogP contribution in [-0.4, -0.2) is 54.5 Å². The molecule has 1 atom stereocenters. The standard InChI is InChI=1S/C11H16F3N3O3S/c1-3-17-8(2)9(6-15-17)21(18,19)16-4-5-20-10(7-16)11(12,13)14/h6,10H,3-5,7H2,1-2H3/t10-/m1/s1. The zero-order valence-corrected chi connectivity index (χ0v) is 12.4. The van der Waals surface area contributed by atoms with Crippen LogP contribution in [0.1, 0.15) is 12.6 Å². The minimum atomic E-state index is -4.59. The van der Waals surface area contributed by atoms with Crippen molar-refractivity contribution in [2.45, 2.75) is 37.6 Å². The molecule has 2 heterocycles. The first-order valence-electron chi connectivity index (χ1n) is 6.38. The number of sulfonamides is 1. The number of hydrogen-bond donors (Lipinski definition) is 0. The lowest BCUT2D eigenvalue weighted by Gasteiger charge is -2.32. The number of aryl methyl sites for hydroxylation is 1. The van der Waals surface area contributed by atoms with Gasteiger partial charge in [0.2, 0.25) is 10.0 Å². The monoisotopic (exact) mass is 327 g/mol. The normalized spacial score (nSPS) is 21.7. The molecule has 0 spiro atoms. The van der Waals surface area contributed by atoms with Gasteiger partial charge in [-0.25, -0.2) is 8.42 Å². The molecule has 10 heteroatoms. The molecule has 21 heavy (non-hydrogen) atoms. The van der Waals surface area contributed by atoms with Crippen molar-refractivity contribution in [2.24, 2.45) is 0 Å². The molecule has 0 bridgehead atoms. The van der Waals surface area contributed by atoms with Gasteiger partial charge < -0.3 is 4.74 Å². The van der Waals surface area contributed by atoms with E-state index in [0.717, 1.165) is 4.31 Å². The van der Waals surface area contributed by atoms with Crippen LogP contribution in [0.3, 0.4) is 0 Å². The summed E-state index contributed by atoms with van der Waals surface area (Å²) >= 11 is 0. The summed E-state index contributed by atoms with van der Waals surface area (Å²) in [5, 5.41) is 3.92. The summed E-state index contributed by atoms with van der Waals surface area (Å²) in [7, 11) is -4.01. The molecule has 0 radical (unpaired) electrons. The smallest absolute Gasteiger partial charge is 0.366 e. The molecule has 0 aliphatic carbocycles. The Labute approximate surface area is 120 Å². The molecule has 6 nitrogen and oxygen atoms in total. The summed E-state index contributed by atoms with van der Waals surface area (Å²) < 4.78 is 69.9. The van der Waals surface area contributed by atoms with Gasteiger partial charge in [0.1, 0.15) is 4.90 Å². The first kappa shape index (κ1) is 16.2. The molecule has 0 aromatic carbocycles. The van der Waals surface area contributed by atoms with Gasteiger partial charge in [0.05, 0.1) is 18.5 Å². The number of aromatic nitrogens is 2. The van der Waals surface area contributed by atoms with Crippen molar-refractivity contribution < 1.29 is 26.3 Å². The van der Waals surface area contributed by atoms with Crippen LogP contribution in [0.4, 0.5) is 13.2 Å². The highest BCUT2D eigenvalue weighted by atomic mass is 32.2. The Morgan fingerprint density at radius 3 is 2.67 bits per heavy atom. The van der Waals surface area contributed by atoms with Gasteiger partial charge in [-0.15, -0.1) is 0 Å². The molecule has 1 aliphatic rings. The van der Waals surface area contributed by atoms with E-state index in [0.29, 0.717) is 12.2 Å². The molecule has 0 unspecified atom stereocenters. The molecule has 1 fully saturated rings. The van der Waals surface area contributed by atoms with E-state index in [4.69, 9.17) is 0 Å². The van der Waals surface area contributed by atoms with Crippen LogP contribution in [0, 0.1) is 6.92 Å². The Hall–Kier alpha value is -1.13. The minimum absolute atomic E-state index is 0.0628. The molecule has 0 N–H and O–H groups in total. The highest BCUT2D eigenvalue weighted by Gasteiger charge is 2.46. The summed E-state index contributed by atoms with van der Waals surface area (Å²) in [6, 6.07) is 0. The number of nitrogens with zero attached hydrogens (tertiary/aromatic N) is 3. The van der Waals surface area contributed by atoms with Gasteiger partial charge in [-0.3, -0.25) is 4.68 Å². The van der Waals surface area contributed by atoms with Crippen LogP contribution in [0.2, 0.25) is 0 Å². The van der Waals surface area contributed by atoms with Crippen LogP contribution in [0.25, 0.3) is 0 Å². The SMILES string of the molecule is CCn1ncc(S(=O)(=O)N2CCO[C@@H](C(F)(F)F)C2)c1C. The highest BCUT2D eigenvalue weighted by molar-refractivity contribution is 7.89. The van der Waals surface area contributed by atoms with Gasteiger partial charge in [0.15, 0.2) is 6.10 Å². The van der Waals surface area contributed by atoms with Crippen LogP contribution in [0.5, 0.6) is 0 Å². The summed E-state index contributed by atoms with van der Waals surface area (Å²) in [4.78, 5) is -0.0628. The zero-order chi connectivity index (χ0) is 15.8. The zero-order valence-electron chi connectivity index (χ0n) is 11.6. The Morgan fingerprint density at radius 1 is 1.48 bits per heavy atom. The van der Waals surface area contributed by atoms with E-state index in [-0.39, 0.29) is 18.0 Å². The van der Waals surface area contributed by atoms with Crippen molar-refractivity contribution >= 4 is 10.0 Å². The molecular formula is C11H16F3N3O3S. The summed E-state index contributed by atoms with van der Waals surface area (Å²) in [5.41, 5.74) is 0.410. The summed E-state index contributed by atoms with van der Waals surface area (Å²) in [5.74, 6) is 0. The lowest BCUT2D eigenvalue weighted by molar-refractivity contribution is -0.231. The lowest BCUT2D eigenvalue weighted by atomic mass is 10.3. The quantitative estimate of drug-likeness (QED) is 0.836. The van der Waals surface area contributed by atoms with Crippen LogP contribution < -0.4 is 0 Å². The fraction of sp³-hybridized carbons (Fsp3) is 0.727. The maximum atomic E-state index is 12.7. The number of halogens is 3. The molecule has 0 saturated carbocycles. The van der Waals surface area contributed by atoms with E-state index in [1.807, 2.05) is 0 Å². The molecule has 1 saturated heterocycles. The first-order valence-corrected chi connectivity index (χ1v) is 7.82. The van der Waals surface area contributed by atoms with Crippen LogP contribution in [-0.2, 0) is 21.3 Å². The van der Waals surface area contributed by atoms with E-state index in [9.17, 15) is 21.6 Å². The van der Waals surface area contributed by atoms with Crippen LogP contribution in [0.15, 0.2) is 11.1 Å². The summed E-state index contributed by atoms with van der Waals surface area (Å²) in [6.45, 7) is 2.73. The third kappa shape index (κ3) is 3.06. The van der Waals surface area contributed by atoms with Crippen molar-refractivity contribution in [2.75, 3.05) is 19.7 Å². The van der Waals surface area contributed by atoms with Crippen LogP contribution >= 0.6 is 0 Å². The Bertz CT molecular complexity index is 612. The minimum Gasteiger partial charge on any atom is -0.366 e. The molecule has 1 aromatic heterocycles. The Morgan fingerprint density at radius 2 is 2.14 bits per heavy atom. The molecule has 2 rings (SSSR count). The predicted octanol–water partition coefficient (Wildman–Crippen LogP) is 1.16. The average Bonchev–Trinajstić information content (AvgIpc) is 2.79. The molecule has 0 amide bonds. The average molecular weight is 327 g/mol. The van der Waals surface area contributed by atoms with Crippen molar-refractivity contribution in [1.29, 1.82) is 0 Å². The predicted molar refractivity (Wildman–Crippen MR) is 67.2 cm³/mol. The Balaban J connectivity index is 2.29. The fourth-order valence-electron chi connectivity index (χ4n) is 2.18. The van der Waals surface area contributed by atoms with E-state index in [1.54, 1.807) is 13.8 Å². The van der Waals surface area contributed by atoms with Crippen molar-refractivity contribution in [1.82, 2.24) is 14.1 Å². The van der Waals surface area contributed by atoms with Gasteiger partial charge >= 0.3 is 6.18 Å². The van der Waals surface area contributed by atoms with Crippen molar-refractivity contribution in [3.63, 3.8) is 0 Å².